The minimum atomic E-state index is 0.751. The number of hydrogen-bond donors (Lipinski definition) is 1. The zero-order valence-electron chi connectivity index (χ0n) is 13.0. The first-order chi connectivity index (χ1) is 9.74. The maximum Gasteiger partial charge on any atom is 0.133 e. The van der Waals surface area contributed by atoms with Crippen LogP contribution in [0.1, 0.15) is 63.8 Å². The van der Waals surface area contributed by atoms with Crippen molar-refractivity contribution in [3.63, 3.8) is 0 Å². The lowest BCUT2D eigenvalue weighted by Gasteiger charge is -2.22. The van der Waals surface area contributed by atoms with E-state index in [9.17, 15) is 0 Å². The van der Waals surface area contributed by atoms with Gasteiger partial charge in [-0.1, -0.05) is 33.1 Å². The lowest BCUT2D eigenvalue weighted by Crippen LogP contribution is -2.12. The van der Waals surface area contributed by atoms with E-state index >= 15 is 0 Å². The Morgan fingerprint density at radius 2 is 1.90 bits per heavy atom. The van der Waals surface area contributed by atoms with Crippen LogP contribution in [-0.4, -0.2) is 21.8 Å². The Labute approximate surface area is 127 Å². The molecular weight excluding hydrogens is 266 g/mol. The van der Waals surface area contributed by atoms with Gasteiger partial charge in [0.25, 0.3) is 0 Å². The molecule has 1 aromatic heterocycles. The summed E-state index contributed by atoms with van der Waals surface area (Å²) in [6.45, 7) is 7.45. The van der Waals surface area contributed by atoms with Crippen molar-refractivity contribution in [2.45, 2.75) is 76.0 Å². The van der Waals surface area contributed by atoms with Crippen LogP contribution >= 0.6 is 11.8 Å². The second kappa shape index (κ2) is 7.87. The zero-order chi connectivity index (χ0) is 14.4. The fourth-order valence-corrected chi connectivity index (χ4v) is 3.89. The van der Waals surface area contributed by atoms with Crippen LogP contribution in [-0.2, 0) is 6.42 Å². The number of thioether (sulfide) groups is 1. The molecule has 0 radical (unpaired) electrons. The zero-order valence-corrected chi connectivity index (χ0v) is 13.9. The maximum absolute atomic E-state index is 4.77. The summed E-state index contributed by atoms with van der Waals surface area (Å²) in [6, 6.07) is 0. The number of nitrogens with one attached hydrogen (secondary N) is 1. The van der Waals surface area contributed by atoms with Crippen molar-refractivity contribution in [1.82, 2.24) is 9.97 Å². The Balaban J connectivity index is 2.16. The maximum atomic E-state index is 4.77. The highest BCUT2D eigenvalue weighted by Crippen LogP contribution is 2.35. The molecule has 0 spiro atoms. The lowest BCUT2D eigenvalue weighted by molar-refractivity contribution is 0.515. The molecule has 2 rings (SSSR count). The van der Waals surface area contributed by atoms with Crippen LogP contribution in [0.3, 0.4) is 0 Å². The Hall–Kier alpha value is -0.770. The predicted octanol–water partition coefficient (Wildman–Crippen LogP) is 4.59. The molecule has 0 amide bonds. The normalized spacial score (nSPS) is 16.4. The molecule has 3 nitrogen and oxygen atoms in total. The number of aromatic nitrogens is 2. The molecule has 1 heterocycles. The van der Waals surface area contributed by atoms with Crippen LogP contribution in [0.4, 0.5) is 5.82 Å². The Morgan fingerprint density at radius 3 is 2.55 bits per heavy atom. The van der Waals surface area contributed by atoms with Crippen molar-refractivity contribution in [1.29, 1.82) is 0 Å². The van der Waals surface area contributed by atoms with Crippen LogP contribution in [0, 0.1) is 6.92 Å². The van der Waals surface area contributed by atoms with Gasteiger partial charge in [-0.15, -0.1) is 11.8 Å². The third-order valence-electron chi connectivity index (χ3n) is 3.84. The number of hydrogen-bond acceptors (Lipinski definition) is 4. The molecule has 0 aliphatic heterocycles. The van der Waals surface area contributed by atoms with E-state index in [2.05, 4.69) is 31.1 Å². The van der Waals surface area contributed by atoms with Crippen molar-refractivity contribution in [3.8, 4) is 0 Å². The molecule has 1 aliphatic carbocycles. The Morgan fingerprint density at radius 1 is 1.15 bits per heavy atom. The first-order valence-corrected chi connectivity index (χ1v) is 8.90. The van der Waals surface area contributed by atoms with Crippen molar-refractivity contribution >= 4 is 17.6 Å². The van der Waals surface area contributed by atoms with E-state index in [1.165, 1.54) is 42.7 Å². The summed E-state index contributed by atoms with van der Waals surface area (Å²) in [5.74, 6) is 2.00. The van der Waals surface area contributed by atoms with E-state index in [0.29, 0.717) is 0 Å². The summed E-state index contributed by atoms with van der Waals surface area (Å²) >= 11 is 1.98. The molecule has 0 saturated heterocycles. The van der Waals surface area contributed by atoms with Gasteiger partial charge in [-0.05, 0) is 26.2 Å². The minimum absolute atomic E-state index is 0.751. The van der Waals surface area contributed by atoms with Crippen molar-refractivity contribution in [2.75, 3.05) is 11.9 Å². The van der Waals surface area contributed by atoms with Gasteiger partial charge in [0.15, 0.2) is 0 Å². The molecular formula is C16H27N3S. The summed E-state index contributed by atoms with van der Waals surface area (Å²) in [5, 5.41) is 5.40. The van der Waals surface area contributed by atoms with E-state index in [1.807, 2.05) is 11.8 Å². The van der Waals surface area contributed by atoms with E-state index < -0.39 is 0 Å². The fourth-order valence-electron chi connectivity index (χ4n) is 2.57. The highest BCUT2D eigenvalue weighted by atomic mass is 32.2. The van der Waals surface area contributed by atoms with Gasteiger partial charge in [0.2, 0.25) is 0 Å². The van der Waals surface area contributed by atoms with Gasteiger partial charge >= 0.3 is 0 Å². The molecule has 0 aromatic carbocycles. The molecule has 1 N–H and O–H groups in total. The first-order valence-electron chi connectivity index (χ1n) is 8.02. The number of anilines is 1. The highest BCUT2D eigenvalue weighted by Gasteiger charge is 2.18. The van der Waals surface area contributed by atoms with Crippen LogP contribution in [0.25, 0.3) is 0 Å². The molecule has 4 heteroatoms. The van der Waals surface area contributed by atoms with Gasteiger partial charge in [0, 0.05) is 23.8 Å². The molecule has 0 atom stereocenters. The van der Waals surface area contributed by atoms with E-state index in [4.69, 9.17) is 4.98 Å². The quantitative estimate of drug-likeness (QED) is 0.778. The van der Waals surface area contributed by atoms with Gasteiger partial charge in [0.1, 0.15) is 16.7 Å². The lowest BCUT2D eigenvalue weighted by atomic mass is 10.0. The minimum Gasteiger partial charge on any atom is -0.370 e. The molecule has 1 fully saturated rings. The number of rotatable bonds is 6. The average molecular weight is 293 g/mol. The van der Waals surface area contributed by atoms with Crippen LogP contribution in [0.5, 0.6) is 0 Å². The molecule has 0 bridgehead atoms. The summed E-state index contributed by atoms with van der Waals surface area (Å²) in [4.78, 5) is 9.41. The Bertz CT molecular complexity index is 428. The van der Waals surface area contributed by atoms with Crippen molar-refractivity contribution in [3.05, 3.63) is 11.4 Å². The fraction of sp³-hybridized carbons (Fsp3) is 0.750. The summed E-state index contributed by atoms with van der Waals surface area (Å²) in [5.41, 5.74) is 1.23. The highest BCUT2D eigenvalue weighted by molar-refractivity contribution is 7.99. The number of nitrogens with zero attached hydrogens (tertiary/aromatic N) is 2. The summed E-state index contributed by atoms with van der Waals surface area (Å²) in [6.07, 6.45) is 8.87. The second-order valence-electron chi connectivity index (χ2n) is 5.58. The monoisotopic (exact) mass is 293 g/mol. The molecule has 1 aromatic rings. The van der Waals surface area contributed by atoms with Gasteiger partial charge in [0.05, 0.1) is 0 Å². The van der Waals surface area contributed by atoms with E-state index in [-0.39, 0.29) is 0 Å². The topological polar surface area (TPSA) is 37.8 Å². The molecule has 0 unspecified atom stereocenters. The third-order valence-corrected chi connectivity index (χ3v) is 5.26. The molecule has 112 valence electrons. The van der Waals surface area contributed by atoms with Crippen molar-refractivity contribution in [2.24, 2.45) is 0 Å². The average Bonchev–Trinajstić information content (AvgIpc) is 2.49. The third kappa shape index (κ3) is 4.11. The van der Waals surface area contributed by atoms with Gasteiger partial charge in [-0.25, -0.2) is 9.97 Å². The van der Waals surface area contributed by atoms with Crippen molar-refractivity contribution < 1.29 is 0 Å². The summed E-state index contributed by atoms with van der Waals surface area (Å²) < 4.78 is 0. The van der Waals surface area contributed by atoms with Gasteiger partial charge in [-0.2, -0.15) is 0 Å². The van der Waals surface area contributed by atoms with E-state index in [1.54, 1.807) is 0 Å². The van der Waals surface area contributed by atoms with Gasteiger partial charge < -0.3 is 5.32 Å². The first kappa shape index (κ1) is 15.6. The molecule has 1 aliphatic rings. The van der Waals surface area contributed by atoms with Gasteiger partial charge in [-0.3, -0.25) is 0 Å². The standard InChI is InChI=1S/C16H27N3S/c1-4-11-17-15-12(3)16(19-14(5-2)18-15)20-13-9-7-6-8-10-13/h13H,4-11H2,1-3H3,(H,17,18,19). The van der Waals surface area contributed by atoms with Crippen LogP contribution in [0.2, 0.25) is 0 Å². The predicted molar refractivity (Wildman–Crippen MR) is 87.7 cm³/mol. The van der Waals surface area contributed by atoms with Crippen LogP contribution < -0.4 is 5.32 Å². The summed E-state index contributed by atoms with van der Waals surface area (Å²) in [7, 11) is 0. The number of aryl methyl sites for hydroxylation is 1. The molecule has 20 heavy (non-hydrogen) atoms. The SMILES string of the molecule is CCCNc1nc(CC)nc(SC2CCCCC2)c1C. The second-order valence-corrected chi connectivity index (χ2v) is 6.87. The van der Waals surface area contributed by atoms with Crippen LogP contribution in [0.15, 0.2) is 5.03 Å². The Kier molecular flexibility index (Phi) is 6.14. The van der Waals surface area contributed by atoms with E-state index in [0.717, 1.165) is 36.3 Å². The smallest absolute Gasteiger partial charge is 0.133 e. The largest absolute Gasteiger partial charge is 0.370 e. The molecule has 1 saturated carbocycles.